The lowest BCUT2D eigenvalue weighted by Gasteiger charge is -2.15. The third-order valence-electron chi connectivity index (χ3n) is 3.69. The Labute approximate surface area is 128 Å². The maximum atomic E-state index is 12.6. The lowest BCUT2D eigenvalue weighted by atomic mass is 10.2. The Morgan fingerprint density at radius 1 is 1.24 bits per heavy atom. The normalized spacial score (nSPS) is 12.3. The first-order valence-electron chi connectivity index (χ1n) is 7.58. The number of rotatable bonds is 9. The third-order valence-corrected chi connectivity index (χ3v) is 5.46. The number of nitrogens with zero attached hydrogens (tertiary/aromatic N) is 2. The molecule has 1 rings (SSSR count). The van der Waals surface area contributed by atoms with Crippen LogP contribution < -0.4 is 10.0 Å². The molecular formula is C14H28N4O2S. The third kappa shape index (κ3) is 4.52. The van der Waals surface area contributed by atoms with E-state index in [2.05, 4.69) is 15.1 Å². The quantitative estimate of drug-likeness (QED) is 0.678. The molecule has 1 aromatic rings. The first-order valence-corrected chi connectivity index (χ1v) is 9.06. The molecule has 0 aliphatic carbocycles. The number of sulfonamides is 1. The molecular weight excluding hydrogens is 288 g/mol. The molecule has 6 nitrogen and oxygen atoms in total. The predicted molar refractivity (Wildman–Crippen MR) is 84.9 cm³/mol. The molecule has 1 heterocycles. The zero-order valence-electron chi connectivity index (χ0n) is 13.7. The van der Waals surface area contributed by atoms with Crippen LogP contribution in [-0.4, -0.2) is 37.8 Å². The van der Waals surface area contributed by atoms with Crippen molar-refractivity contribution in [3.63, 3.8) is 0 Å². The minimum absolute atomic E-state index is 0.0264. The van der Waals surface area contributed by atoms with Crippen molar-refractivity contribution >= 4 is 10.0 Å². The van der Waals surface area contributed by atoms with Crippen LogP contribution in [0.3, 0.4) is 0 Å². The smallest absolute Gasteiger partial charge is 0.244 e. The summed E-state index contributed by atoms with van der Waals surface area (Å²) in [6.07, 6.45) is 2.48. The molecule has 0 amide bonds. The molecule has 0 unspecified atom stereocenters. The van der Waals surface area contributed by atoms with Crippen LogP contribution >= 0.6 is 0 Å². The van der Waals surface area contributed by atoms with Gasteiger partial charge in [0.1, 0.15) is 4.90 Å². The van der Waals surface area contributed by atoms with E-state index in [1.165, 1.54) is 0 Å². The first kappa shape index (κ1) is 18.1. The summed E-state index contributed by atoms with van der Waals surface area (Å²) < 4.78 is 29.7. The van der Waals surface area contributed by atoms with Gasteiger partial charge in [-0.1, -0.05) is 13.8 Å². The second-order valence-electron chi connectivity index (χ2n) is 5.31. The Morgan fingerprint density at radius 3 is 2.38 bits per heavy atom. The minimum Gasteiger partial charge on any atom is -0.320 e. The van der Waals surface area contributed by atoms with Gasteiger partial charge in [-0.05, 0) is 46.7 Å². The van der Waals surface area contributed by atoms with Crippen molar-refractivity contribution < 1.29 is 8.42 Å². The van der Waals surface area contributed by atoms with E-state index in [0.717, 1.165) is 25.8 Å². The van der Waals surface area contributed by atoms with Gasteiger partial charge in [0.25, 0.3) is 0 Å². The van der Waals surface area contributed by atoms with Gasteiger partial charge >= 0.3 is 0 Å². The van der Waals surface area contributed by atoms with Gasteiger partial charge in [-0.3, -0.25) is 4.68 Å². The number of hydrogen-bond donors (Lipinski definition) is 2. The van der Waals surface area contributed by atoms with Crippen LogP contribution in [0.5, 0.6) is 0 Å². The molecule has 0 aromatic carbocycles. The molecule has 0 radical (unpaired) electrons. The number of nitrogens with one attached hydrogen (secondary N) is 2. The fourth-order valence-corrected chi connectivity index (χ4v) is 4.24. The highest BCUT2D eigenvalue weighted by Crippen LogP contribution is 2.20. The van der Waals surface area contributed by atoms with Gasteiger partial charge in [0.15, 0.2) is 0 Å². The fraction of sp³-hybridized carbons (Fsp3) is 0.786. The van der Waals surface area contributed by atoms with E-state index in [1.54, 1.807) is 11.6 Å². The monoisotopic (exact) mass is 316 g/mol. The molecule has 0 saturated heterocycles. The molecule has 0 bridgehead atoms. The number of hydrogen-bond acceptors (Lipinski definition) is 4. The Balaban J connectivity index is 3.01. The molecule has 0 atom stereocenters. The lowest BCUT2D eigenvalue weighted by Crippen LogP contribution is -2.34. The van der Waals surface area contributed by atoms with Gasteiger partial charge in [-0.25, -0.2) is 13.1 Å². The summed E-state index contributed by atoms with van der Waals surface area (Å²) in [5, 5.41) is 7.46. The average molecular weight is 316 g/mol. The molecule has 122 valence electrons. The van der Waals surface area contributed by atoms with E-state index in [4.69, 9.17) is 0 Å². The lowest BCUT2D eigenvalue weighted by molar-refractivity contribution is 0.527. The fourth-order valence-electron chi connectivity index (χ4n) is 2.43. The highest BCUT2D eigenvalue weighted by Gasteiger charge is 2.26. The zero-order valence-corrected chi connectivity index (χ0v) is 14.5. The Bertz CT molecular complexity index is 548. The summed E-state index contributed by atoms with van der Waals surface area (Å²) in [6.45, 7) is 9.14. The van der Waals surface area contributed by atoms with Crippen LogP contribution in [0.15, 0.2) is 4.90 Å². The first-order chi connectivity index (χ1) is 9.87. The minimum atomic E-state index is -3.50. The molecule has 2 N–H and O–H groups in total. The predicted octanol–water partition coefficient (Wildman–Crippen LogP) is 1.58. The molecule has 1 aromatic heterocycles. The van der Waals surface area contributed by atoms with Gasteiger partial charge in [-0.2, -0.15) is 5.10 Å². The van der Waals surface area contributed by atoms with Gasteiger partial charge < -0.3 is 5.32 Å². The largest absolute Gasteiger partial charge is 0.320 e. The van der Waals surface area contributed by atoms with Crippen molar-refractivity contribution in [1.82, 2.24) is 19.8 Å². The Kier molecular flexibility index (Phi) is 6.83. The maximum absolute atomic E-state index is 12.6. The molecule has 0 aliphatic rings. The van der Waals surface area contributed by atoms with E-state index < -0.39 is 10.0 Å². The van der Waals surface area contributed by atoms with Gasteiger partial charge in [-0.15, -0.1) is 0 Å². The zero-order chi connectivity index (χ0) is 16.0. The van der Waals surface area contributed by atoms with Gasteiger partial charge in [0.2, 0.25) is 10.0 Å². The van der Waals surface area contributed by atoms with Crippen molar-refractivity contribution in [3.8, 4) is 0 Å². The molecule has 0 spiro atoms. The van der Waals surface area contributed by atoms with Crippen LogP contribution in [-0.2, 0) is 16.6 Å². The van der Waals surface area contributed by atoms with Crippen LogP contribution in [0, 0.1) is 13.8 Å². The van der Waals surface area contributed by atoms with Crippen LogP contribution in [0.2, 0.25) is 0 Å². The second-order valence-corrected chi connectivity index (χ2v) is 6.97. The summed E-state index contributed by atoms with van der Waals surface area (Å²) >= 11 is 0. The summed E-state index contributed by atoms with van der Waals surface area (Å²) in [5.74, 6) is 0. The van der Waals surface area contributed by atoms with Gasteiger partial charge in [0.05, 0.1) is 11.4 Å². The molecule has 7 heteroatoms. The Hall–Kier alpha value is -0.920. The second kappa shape index (κ2) is 7.91. The van der Waals surface area contributed by atoms with Crippen molar-refractivity contribution in [1.29, 1.82) is 0 Å². The molecule has 0 saturated carbocycles. The average Bonchev–Trinajstić information content (AvgIpc) is 2.71. The van der Waals surface area contributed by atoms with E-state index in [-0.39, 0.29) is 6.04 Å². The van der Waals surface area contributed by atoms with E-state index in [1.807, 2.05) is 27.8 Å². The van der Waals surface area contributed by atoms with Gasteiger partial charge in [0, 0.05) is 12.6 Å². The summed E-state index contributed by atoms with van der Waals surface area (Å²) in [6, 6.07) is -0.0264. The van der Waals surface area contributed by atoms with Crippen molar-refractivity contribution in [2.75, 3.05) is 13.6 Å². The Morgan fingerprint density at radius 2 is 1.86 bits per heavy atom. The standard InChI is InChI=1S/C14H28N4O2S/c1-6-13(7-2)17-21(19,20)14-11(3)16-18(12(14)4)10-8-9-15-5/h13,15,17H,6-10H2,1-5H3. The highest BCUT2D eigenvalue weighted by molar-refractivity contribution is 7.89. The van der Waals surface area contributed by atoms with Crippen molar-refractivity contribution in [3.05, 3.63) is 11.4 Å². The van der Waals surface area contributed by atoms with E-state index in [9.17, 15) is 8.42 Å². The van der Waals surface area contributed by atoms with Crippen LogP contribution in [0.1, 0.15) is 44.5 Å². The van der Waals surface area contributed by atoms with Crippen molar-refractivity contribution in [2.24, 2.45) is 0 Å². The summed E-state index contributed by atoms with van der Waals surface area (Å²) in [5.41, 5.74) is 1.28. The summed E-state index contributed by atoms with van der Waals surface area (Å²) in [7, 11) is -1.60. The van der Waals surface area contributed by atoms with Crippen LogP contribution in [0.4, 0.5) is 0 Å². The maximum Gasteiger partial charge on any atom is 0.244 e. The highest BCUT2D eigenvalue weighted by atomic mass is 32.2. The summed E-state index contributed by atoms with van der Waals surface area (Å²) in [4.78, 5) is 0.332. The topological polar surface area (TPSA) is 76.0 Å². The van der Waals surface area contributed by atoms with Crippen LogP contribution in [0.25, 0.3) is 0 Å². The van der Waals surface area contributed by atoms with Crippen molar-refractivity contribution in [2.45, 2.75) is 64.4 Å². The number of aromatic nitrogens is 2. The van der Waals surface area contributed by atoms with E-state index >= 15 is 0 Å². The molecule has 21 heavy (non-hydrogen) atoms. The molecule has 0 aliphatic heterocycles. The molecule has 0 fully saturated rings. The number of aryl methyl sites for hydroxylation is 2. The SMILES string of the molecule is CCC(CC)NS(=O)(=O)c1c(C)nn(CCCNC)c1C. The van der Waals surface area contributed by atoms with E-state index in [0.29, 0.717) is 22.8 Å².